The van der Waals surface area contributed by atoms with Gasteiger partial charge in [0.25, 0.3) is 0 Å². The van der Waals surface area contributed by atoms with Crippen molar-refractivity contribution in [3.63, 3.8) is 0 Å². The Hall–Kier alpha value is -1.76. The molecule has 0 bridgehead atoms. The van der Waals surface area contributed by atoms with Gasteiger partial charge in [-0.1, -0.05) is 19.1 Å². The summed E-state index contributed by atoms with van der Waals surface area (Å²) in [7, 11) is 0. The Kier molecular flexibility index (Phi) is 5.62. The SMILES string of the molecule is CCC(C(=O)Nc1ccc(OC(F)F)cc1)C(N)=S. The molecule has 1 aromatic rings. The number of hydrogen-bond donors (Lipinski definition) is 2. The molecule has 0 aliphatic carbocycles. The fraction of sp³-hybridized carbons (Fsp3) is 0.333. The van der Waals surface area contributed by atoms with E-state index < -0.39 is 12.5 Å². The van der Waals surface area contributed by atoms with Gasteiger partial charge in [-0.3, -0.25) is 4.79 Å². The van der Waals surface area contributed by atoms with Gasteiger partial charge in [0.15, 0.2) is 0 Å². The van der Waals surface area contributed by atoms with Crippen molar-refractivity contribution >= 4 is 28.8 Å². The molecule has 0 aromatic heterocycles. The summed E-state index contributed by atoms with van der Waals surface area (Å²) in [6.45, 7) is -1.08. The molecule has 1 rings (SSSR count). The topological polar surface area (TPSA) is 64.3 Å². The van der Waals surface area contributed by atoms with Crippen LogP contribution in [0.2, 0.25) is 0 Å². The molecule has 0 saturated carbocycles. The lowest BCUT2D eigenvalue weighted by molar-refractivity contribution is -0.118. The van der Waals surface area contributed by atoms with Crippen molar-refractivity contribution in [2.45, 2.75) is 20.0 Å². The molecule has 0 aliphatic heterocycles. The highest BCUT2D eigenvalue weighted by molar-refractivity contribution is 7.80. The predicted molar refractivity (Wildman–Crippen MR) is 72.3 cm³/mol. The average Bonchev–Trinajstić information content (AvgIpc) is 2.31. The number of halogens is 2. The molecule has 7 heteroatoms. The summed E-state index contributed by atoms with van der Waals surface area (Å²) in [5.41, 5.74) is 5.91. The van der Waals surface area contributed by atoms with Crippen molar-refractivity contribution in [1.29, 1.82) is 0 Å². The molecular formula is C12H14F2N2O2S. The van der Waals surface area contributed by atoms with E-state index in [1.165, 1.54) is 24.3 Å². The van der Waals surface area contributed by atoms with Crippen LogP contribution in [0.4, 0.5) is 14.5 Å². The van der Waals surface area contributed by atoms with Gasteiger partial charge in [0.2, 0.25) is 5.91 Å². The number of amides is 1. The highest BCUT2D eigenvalue weighted by atomic mass is 32.1. The van der Waals surface area contributed by atoms with E-state index in [1.54, 1.807) is 6.92 Å². The third kappa shape index (κ3) is 4.78. The number of benzene rings is 1. The van der Waals surface area contributed by atoms with Crippen LogP contribution in [-0.4, -0.2) is 17.5 Å². The summed E-state index contributed by atoms with van der Waals surface area (Å²) < 4.78 is 28.1. The molecule has 1 aromatic carbocycles. The molecule has 104 valence electrons. The van der Waals surface area contributed by atoms with Crippen molar-refractivity contribution in [2.24, 2.45) is 11.7 Å². The second kappa shape index (κ2) is 6.98. The molecule has 3 N–H and O–H groups in total. The largest absolute Gasteiger partial charge is 0.435 e. The lowest BCUT2D eigenvalue weighted by atomic mass is 10.1. The summed E-state index contributed by atoms with van der Waals surface area (Å²) in [4.78, 5) is 11.9. The van der Waals surface area contributed by atoms with Crippen molar-refractivity contribution in [3.8, 4) is 5.75 Å². The molecule has 4 nitrogen and oxygen atoms in total. The summed E-state index contributed by atoms with van der Waals surface area (Å²) >= 11 is 4.79. The van der Waals surface area contributed by atoms with Gasteiger partial charge in [0.1, 0.15) is 5.75 Å². The van der Waals surface area contributed by atoms with Crippen LogP contribution < -0.4 is 15.8 Å². The molecule has 19 heavy (non-hydrogen) atoms. The zero-order valence-corrected chi connectivity index (χ0v) is 11.0. The van der Waals surface area contributed by atoms with Gasteiger partial charge in [-0.2, -0.15) is 8.78 Å². The van der Waals surface area contributed by atoms with E-state index in [1.807, 2.05) is 0 Å². The van der Waals surface area contributed by atoms with Crippen molar-refractivity contribution in [1.82, 2.24) is 0 Å². The van der Waals surface area contributed by atoms with E-state index in [9.17, 15) is 13.6 Å². The predicted octanol–water partition coefficient (Wildman–Crippen LogP) is 2.54. The molecule has 0 radical (unpaired) electrons. The van der Waals surface area contributed by atoms with Gasteiger partial charge in [-0.05, 0) is 30.7 Å². The lowest BCUT2D eigenvalue weighted by Gasteiger charge is -2.13. The second-order valence-corrected chi connectivity index (χ2v) is 4.23. The van der Waals surface area contributed by atoms with Crippen LogP contribution in [0.25, 0.3) is 0 Å². The molecular weight excluding hydrogens is 274 g/mol. The van der Waals surface area contributed by atoms with E-state index in [4.69, 9.17) is 18.0 Å². The fourth-order valence-corrected chi connectivity index (χ4v) is 1.74. The Balaban J connectivity index is 2.67. The van der Waals surface area contributed by atoms with E-state index >= 15 is 0 Å². The number of nitrogens with one attached hydrogen (secondary N) is 1. The van der Waals surface area contributed by atoms with Gasteiger partial charge < -0.3 is 15.8 Å². The van der Waals surface area contributed by atoms with Crippen LogP contribution in [-0.2, 0) is 4.79 Å². The standard InChI is InChI=1S/C12H14F2N2O2S/c1-2-9(10(15)19)11(17)16-7-3-5-8(6-4-7)18-12(13)14/h3-6,9,12H,2H2,1H3,(H2,15,19)(H,16,17). The maximum Gasteiger partial charge on any atom is 0.387 e. The number of carbonyl (C=O) groups is 1. The first-order valence-electron chi connectivity index (χ1n) is 5.59. The molecule has 1 unspecified atom stereocenters. The van der Waals surface area contributed by atoms with E-state index in [0.717, 1.165) is 0 Å². The Morgan fingerprint density at radius 3 is 2.42 bits per heavy atom. The smallest absolute Gasteiger partial charge is 0.387 e. The zero-order valence-electron chi connectivity index (χ0n) is 10.2. The van der Waals surface area contributed by atoms with E-state index in [-0.39, 0.29) is 16.6 Å². The molecule has 1 atom stereocenters. The zero-order chi connectivity index (χ0) is 14.4. The number of hydrogen-bond acceptors (Lipinski definition) is 3. The Labute approximate surface area is 114 Å². The summed E-state index contributed by atoms with van der Waals surface area (Å²) in [6.07, 6.45) is 0.494. The molecule has 0 heterocycles. The number of ether oxygens (including phenoxy) is 1. The molecule has 0 spiro atoms. The number of anilines is 1. The maximum absolute atomic E-state index is 12.0. The Morgan fingerprint density at radius 1 is 1.42 bits per heavy atom. The number of carbonyl (C=O) groups excluding carboxylic acids is 1. The van der Waals surface area contributed by atoms with Crippen molar-refractivity contribution in [2.75, 3.05) is 5.32 Å². The monoisotopic (exact) mass is 288 g/mol. The number of rotatable bonds is 6. The lowest BCUT2D eigenvalue weighted by Crippen LogP contribution is -2.32. The second-order valence-electron chi connectivity index (χ2n) is 3.76. The number of alkyl halides is 2. The normalized spacial score (nSPS) is 12.0. The highest BCUT2D eigenvalue weighted by Gasteiger charge is 2.19. The minimum Gasteiger partial charge on any atom is -0.435 e. The van der Waals surface area contributed by atoms with Gasteiger partial charge in [-0.25, -0.2) is 0 Å². The number of thiocarbonyl (C=S) groups is 1. The van der Waals surface area contributed by atoms with E-state index in [0.29, 0.717) is 12.1 Å². The molecule has 0 fully saturated rings. The first-order chi connectivity index (χ1) is 8.93. The maximum atomic E-state index is 12.0. The van der Waals surface area contributed by atoms with Gasteiger partial charge in [-0.15, -0.1) is 0 Å². The highest BCUT2D eigenvalue weighted by Crippen LogP contribution is 2.18. The molecule has 0 saturated heterocycles. The Bertz CT molecular complexity index is 452. The summed E-state index contributed by atoms with van der Waals surface area (Å²) in [5.74, 6) is -0.848. The van der Waals surface area contributed by atoms with Gasteiger partial charge >= 0.3 is 6.61 Å². The minimum atomic E-state index is -2.88. The van der Waals surface area contributed by atoms with E-state index in [2.05, 4.69) is 10.1 Å². The Morgan fingerprint density at radius 2 is 2.00 bits per heavy atom. The van der Waals surface area contributed by atoms with Crippen LogP contribution in [0.15, 0.2) is 24.3 Å². The third-order valence-electron chi connectivity index (χ3n) is 2.42. The van der Waals surface area contributed by atoms with Crippen LogP contribution in [0.5, 0.6) is 5.75 Å². The minimum absolute atomic E-state index is 0.0226. The molecule has 1 amide bonds. The van der Waals surface area contributed by atoms with Gasteiger partial charge in [0, 0.05) is 5.69 Å². The quantitative estimate of drug-likeness (QED) is 0.790. The van der Waals surface area contributed by atoms with Gasteiger partial charge in [0.05, 0.1) is 10.9 Å². The van der Waals surface area contributed by atoms with Crippen LogP contribution in [0.3, 0.4) is 0 Å². The van der Waals surface area contributed by atoms with Crippen molar-refractivity contribution < 1.29 is 18.3 Å². The number of nitrogens with two attached hydrogens (primary N) is 1. The van der Waals surface area contributed by atoms with Crippen molar-refractivity contribution in [3.05, 3.63) is 24.3 Å². The summed E-state index contributed by atoms with van der Waals surface area (Å²) in [6, 6.07) is 5.59. The van der Waals surface area contributed by atoms with Crippen LogP contribution >= 0.6 is 12.2 Å². The third-order valence-corrected chi connectivity index (χ3v) is 2.70. The van der Waals surface area contributed by atoms with Crippen LogP contribution in [0.1, 0.15) is 13.3 Å². The molecule has 0 aliphatic rings. The van der Waals surface area contributed by atoms with Crippen LogP contribution in [0, 0.1) is 5.92 Å². The average molecular weight is 288 g/mol. The first kappa shape index (κ1) is 15.3. The first-order valence-corrected chi connectivity index (χ1v) is 6.00. The fourth-order valence-electron chi connectivity index (χ4n) is 1.46. The summed E-state index contributed by atoms with van der Waals surface area (Å²) in [5, 5.41) is 2.61.